The summed E-state index contributed by atoms with van der Waals surface area (Å²) in [5.41, 5.74) is 1.22. The van der Waals surface area contributed by atoms with Crippen LogP contribution in [0.1, 0.15) is 31.3 Å². The van der Waals surface area contributed by atoms with Crippen LogP contribution >= 0.6 is 0 Å². The first-order valence-electron chi connectivity index (χ1n) is 7.32. The van der Waals surface area contributed by atoms with Gasteiger partial charge in [-0.25, -0.2) is 9.48 Å². The molecule has 0 radical (unpaired) electrons. The summed E-state index contributed by atoms with van der Waals surface area (Å²) in [5.74, 6) is -0.292. The first-order valence-corrected chi connectivity index (χ1v) is 7.32. The van der Waals surface area contributed by atoms with Crippen LogP contribution in [0.15, 0.2) is 24.8 Å². The molecule has 9 nitrogen and oxygen atoms in total. The number of imide groups is 1. The maximum atomic E-state index is 12.4. The van der Waals surface area contributed by atoms with Crippen LogP contribution in [0.4, 0.5) is 4.79 Å². The Labute approximate surface area is 132 Å². The Kier molecular flexibility index (Phi) is 4.00. The van der Waals surface area contributed by atoms with E-state index in [1.54, 1.807) is 10.9 Å². The van der Waals surface area contributed by atoms with E-state index >= 15 is 0 Å². The van der Waals surface area contributed by atoms with Crippen LogP contribution in [-0.4, -0.2) is 47.8 Å². The average molecular weight is 315 g/mol. The third-order valence-electron chi connectivity index (χ3n) is 3.54. The summed E-state index contributed by atoms with van der Waals surface area (Å²) in [4.78, 5) is 33.6. The van der Waals surface area contributed by atoms with Crippen molar-refractivity contribution in [1.29, 1.82) is 0 Å². The summed E-state index contributed by atoms with van der Waals surface area (Å²) in [7, 11) is 0. The number of carbonyl (C=O) groups is 2. The third kappa shape index (κ3) is 3.17. The molecule has 1 aliphatic rings. The Morgan fingerprint density at radius 2 is 2.09 bits per heavy atom. The van der Waals surface area contributed by atoms with E-state index in [2.05, 4.69) is 25.6 Å². The van der Waals surface area contributed by atoms with Gasteiger partial charge in [0.05, 0.1) is 24.1 Å². The van der Waals surface area contributed by atoms with Crippen LogP contribution in [0, 0.1) is 0 Å². The van der Waals surface area contributed by atoms with Crippen LogP contribution in [0.25, 0.3) is 0 Å². The van der Waals surface area contributed by atoms with E-state index in [0.717, 1.165) is 4.90 Å². The van der Waals surface area contributed by atoms with Gasteiger partial charge < -0.3 is 5.32 Å². The molecule has 2 aromatic rings. The van der Waals surface area contributed by atoms with Crippen molar-refractivity contribution in [2.75, 3.05) is 0 Å². The van der Waals surface area contributed by atoms with Crippen molar-refractivity contribution < 1.29 is 9.59 Å². The van der Waals surface area contributed by atoms with Gasteiger partial charge in [0.15, 0.2) is 0 Å². The zero-order chi connectivity index (χ0) is 16.4. The van der Waals surface area contributed by atoms with Crippen molar-refractivity contribution in [2.24, 2.45) is 0 Å². The predicted molar refractivity (Wildman–Crippen MR) is 79.0 cm³/mol. The summed E-state index contributed by atoms with van der Waals surface area (Å²) in [6.45, 7) is 4.08. The molecule has 23 heavy (non-hydrogen) atoms. The van der Waals surface area contributed by atoms with Gasteiger partial charge in [0.1, 0.15) is 6.04 Å². The van der Waals surface area contributed by atoms with Crippen molar-refractivity contribution in [3.05, 3.63) is 36.2 Å². The van der Waals surface area contributed by atoms with Gasteiger partial charge in [-0.2, -0.15) is 0 Å². The van der Waals surface area contributed by atoms with Crippen LogP contribution in [0.3, 0.4) is 0 Å². The number of carbonyl (C=O) groups excluding carboxylic acids is 2. The summed E-state index contributed by atoms with van der Waals surface area (Å²) in [6, 6.07) is -0.864. The van der Waals surface area contributed by atoms with Crippen molar-refractivity contribution in [3.8, 4) is 0 Å². The summed E-state index contributed by atoms with van der Waals surface area (Å²) in [6.07, 6.45) is 6.69. The van der Waals surface area contributed by atoms with Gasteiger partial charge in [0.2, 0.25) is 0 Å². The Bertz CT molecular complexity index is 713. The van der Waals surface area contributed by atoms with Gasteiger partial charge in [-0.3, -0.25) is 19.7 Å². The molecule has 3 heterocycles. The van der Waals surface area contributed by atoms with E-state index in [4.69, 9.17) is 0 Å². The van der Waals surface area contributed by atoms with Crippen molar-refractivity contribution >= 4 is 11.9 Å². The van der Waals surface area contributed by atoms with E-state index < -0.39 is 12.1 Å². The Hall–Kier alpha value is -2.84. The Morgan fingerprint density at radius 1 is 1.26 bits per heavy atom. The fourth-order valence-corrected chi connectivity index (χ4v) is 2.31. The molecule has 1 N–H and O–H groups in total. The molecular formula is C14H17N7O2. The van der Waals surface area contributed by atoms with Crippen LogP contribution in [0.5, 0.6) is 0 Å². The summed E-state index contributed by atoms with van der Waals surface area (Å²) >= 11 is 0. The van der Waals surface area contributed by atoms with Crippen LogP contribution in [-0.2, 0) is 17.8 Å². The maximum absolute atomic E-state index is 12.4. The maximum Gasteiger partial charge on any atom is 0.325 e. The second-order valence-corrected chi connectivity index (χ2v) is 5.61. The number of hydrogen-bond donors (Lipinski definition) is 1. The largest absolute Gasteiger partial charge is 0.325 e. The lowest BCUT2D eigenvalue weighted by molar-refractivity contribution is -0.127. The fraction of sp³-hybridized carbons (Fsp3) is 0.429. The zero-order valence-electron chi connectivity index (χ0n) is 12.9. The minimum Gasteiger partial charge on any atom is -0.325 e. The lowest BCUT2D eigenvalue weighted by Crippen LogP contribution is -2.32. The number of nitrogens with one attached hydrogen (secondary N) is 1. The van der Waals surface area contributed by atoms with Gasteiger partial charge in [-0.05, 0) is 13.8 Å². The molecule has 0 aliphatic carbocycles. The van der Waals surface area contributed by atoms with E-state index in [9.17, 15) is 9.59 Å². The molecule has 0 bridgehead atoms. The normalized spacial score (nSPS) is 17.9. The molecular weight excluding hydrogens is 298 g/mol. The highest BCUT2D eigenvalue weighted by molar-refractivity contribution is 6.04. The molecule has 120 valence electrons. The second kappa shape index (κ2) is 6.11. The first kappa shape index (κ1) is 15.1. The lowest BCUT2D eigenvalue weighted by atomic mass is 10.1. The van der Waals surface area contributed by atoms with Gasteiger partial charge in [0, 0.05) is 31.1 Å². The Morgan fingerprint density at radius 3 is 2.74 bits per heavy atom. The van der Waals surface area contributed by atoms with E-state index in [-0.39, 0.29) is 18.5 Å². The number of urea groups is 1. The zero-order valence-corrected chi connectivity index (χ0v) is 12.9. The van der Waals surface area contributed by atoms with E-state index in [1.165, 1.54) is 18.6 Å². The highest BCUT2D eigenvalue weighted by atomic mass is 16.2. The smallest absolute Gasteiger partial charge is 0.325 e. The monoisotopic (exact) mass is 315 g/mol. The van der Waals surface area contributed by atoms with E-state index in [1.807, 2.05) is 13.8 Å². The lowest BCUT2D eigenvalue weighted by Gasteiger charge is -2.11. The summed E-state index contributed by atoms with van der Waals surface area (Å²) < 4.78 is 1.72. The molecule has 0 saturated carbocycles. The van der Waals surface area contributed by atoms with Gasteiger partial charge in [-0.1, -0.05) is 5.21 Å². The first-order chi connectivity index (χ1) is 11.0. The van der Waals surface area contributed by atoms with Crippen LogP contribution in [0.2, 0.25) is 0 Å². The fourth-order valence-electron chi connectivity index (χ4n) is 2.31. The Balaban J connectivity index is 1.68. The highest BCUT2D eigenvalue weighted by Gasteiger charge is 2.38. The molecule has 0 aromatic carbocycles. The molecule has 1 unspecified atom stereocenters. The number of hydrogen-bond acceptors (Lipinski definition) is 6. The average Bonchev–Trinajstić information content (AvgIpc) is 3.10. The second-order valence-electron chi connectivity index (χ2n) is 5.61. The topological polar surface area (TPSA) is 106 Å². The standard InChI is InChI=1S/C14H17N7O2/c1-9(2)21-8-10(18-19-21)5-12-13(22)20(14(23)17-12)7-11-6-15-3-4-16-11/h3-4,6,8-9,12H,5,7H2,1-2H3,(H,17,23). The number of aromatic nitrogens is 5. The third-order valence-corrected chi connectivity index (χ3v) is 3.54. The molecule has 3 rings (SSSR count). The molecule has 1 saturated heterocycles. The van der Waals surface area contributed by atoms with Crippen LogP contribution < -0.4 is 5.32 Å². The van der Waals surface area contributed by atoms with Crippen molar-refractivity contribution in [3.63, 3.8) is 0 Å². The quantitative estimate of drug-likeness (QED) is 0.796. The molecule has 2 aromatic heterocycles. The molecule has 3 amide bonds. The SMILES string of the molecule is CC(C)n1cc(CC2NC(=O)N(Cc3cnccn3)C2=O)nn1. The van der Waals surface area contributed by atoms with Gasteiger partial charge >= 0.3 is 6.03 Å². The van der Waals surface area contributed by atoms with Crippen molar-refractivity contribution in [2.45, 2.75) is 38.9 Å². The molecule has 1 aliphatic heterocycles. The van der Waals surface area contributed by atoms with Gasteiger partial charge in [0.25, 0.3) is 5.91 Å². The minimum absolute atomic E-state index is 0.105. The number of nitrogens with zero attached hydrogens (tertiary/aromatic N) is 6. The molecule has 9 heteroatoms. The molecule has 0 spiro atoms. The number of rotatable bonds is 5. The van der Waals surface area contributed by atoms with Crippen molar-refractivity contribution in [1.82, 2.24) is 35.2 Å². The molecule has 1 fully saturated rings. The molecule has 1 atom stereocenters. The highest BCUT2D eigenvalue weighted by Crippen LogP contribution is 2.14. The van der Waals surface area contributed by atoms with E-state index in [0.29, 0.717) is 17.8 Å². The summed E-state index contributed by atoms with van der Waals surface area (Å²) in [5, 5.41) is 10.7. The van der Waals surface area contributed by atoms with Gasteiger partial charge in [-0.15, -0.1) is 5.10 Å². The minimum atomic E-state index is -0.628. The number of amides is 3. The predicted octanol–water partition coefficient (Wildman–Crippen LogP) is 0.312.